The van der Waals surface area contributed by atoms with Crippen LogP contribution < -0.4 is 0 Å². The van der Waals surface area contributed by atoms with Crippen LogP contribution in [0.25, 0.3) is 0 Å². The van der Waals surface area contributed by atoms with E-state index >= 15 is 0 Å². The molecule has 2 heterocycles. The van der Waals surface area contributed by atoms with Crippen LogP contribution in [-0.2, 0) is 4.74 Å². The van der Waals surface area contributed by atoms with E-state index in [1.165, 1.54) is 13.1 Å². The van der Waals surface area contributed by atoms with Crippen molar-refractivity contribution in [1.29, 1.82) is 0 Å². The standard InChI is InChI=1S/C10H20N2O/c1-9-7-11(2)8-10(9)12-3-5-13-6-4-12/h9-10H,3-8H2,1-2H3. The molecule has 3 nitrogen and oxygen atoms in total. The SMILES string of the molecule is CC1CN(C)CC1N1CCOCC1. The van der Waals surface area contributed by atoms with E-state index in [0.29, 0.717) is 0 Å². The summed E-state index contributed by atoms with van der Waals surface area (Å²) in [4.78, 5) is 5.03. The highest BCUT2D eigenvalue weighted by atomic mass is 16.5. The van der Waals surface area contributed by atoms with Crippen LogP contribution in [0, 0.1) is 5.92 Å². The van der Waals surface area contributed by atoms with E-state index in [2.05, 4.69) is 23.8 Å². The maximum atomic E-state index is 5.37. The van der Waals surface area contributed by atoms with Crippen molar-refractivity contribution in [1.82, 2.24) is 9.80 Å². The lowest BCUT2D eigenvalue weighted by Gasteiger charge is -2.34. The molecule has 3 heteroatoms. The van der Waals surface area contributed by atoms with Gasteiger partial charge in [0, 0.05) is 32.2 Å². The predicted molar refractivity (Wildman–Crippen MR) is 52.8 cm³/mol. The van der Waals surface area contributed by atoms with Gasteiger partial charge in [-0.1, -0.05) is 6.92 Å². The molecule has 0 saturated carbocycles. The van der Waals surface area contributed by atoms with E-state index in [9.17, 15) is 0 Å². The molecule has 0 aromatic heterocycles. The minimum absolute atomic E-state index is 0.772. The largest absolute Gasteiger partial charge is 0.379 e. The zero-order chi connectivity index (χ0) is 9.26. The van der Waals surface area contributed by atoms with Crippen molar-refractivity contribution < 1.29 is 4.74 Å². The molecule has 0 aliphatic carbocycles. The molecular formula is C10H20N2O. The molecule has 13 heavy (non-hydrogen) atoms. The Morgan fingerprint density at radius 2 is 1.85 bits per heavy atom. The van der Waals surface area contributed by atoms with Gasteiger partial charge in [-0.2, -0.15) is 0 Å². The van der Waals surface area contributed by atoms with Gasteiger partial charge < -0.3 is 9.64 Å². The first-order valence-electron chi connectivity index (χ1n) is 5.27. The summed E-state index contributed by atoms with van der Waals surface area (Å²) in [7, 11) is 2.22. The lowest BCUT2D eigenvalue weighted by molar-refractivity contribution is 0.0121. The average molecular weight is 184 g/mol. The van der Waals surface area contributed by atoms with Crippen LogP contribution in [0.15, 0.2) is 0 Å². The van der Waals surface area contributed by atoms with Crippen molar-refractivity contribution in [2.75, 3.05) is 46.4 Å². The summed E-state index contributed by atoms with van der Waals surface area (Å²) in [5, 5.41) is 0. The van der Waals surface area contributed by atoms with Gasteiger partial charge in [0.2, 0.25) is 0 Å². The Hall–Kier alpha value is -0.120. The summed E-state index contributed by atoms with van der Waals surface area (Å²) in [5.41, 5.74) is 0. The molecule has 0 aromatic rings. The van der Waals surface area contributed by atoms with Gasteiger partial charge in [0.15, 0.2) is 0 Å². The minimum atomic E-state index is 0.772. The Morgan fingerprint density at radius 1 is 1.15 bits per heavy atom. The summed E-state index contributed by atoms with van der Waals surface area (Å²) in [6, 6.07) is 0.772. The summed E-state index contributed by atoms with van der Waals surface area (Å²) in [6.45, 7) is 8.96. The maximum Gasteiger partial charge on any atom is 0.0594 e. The van der Waals surface area contributed by atoms with Crippen molar-refractivity contribution in [2.24, 2.45) is 5.92 Å². The molecule has 2 aliphatic heterocycles. The lowest BCUT2D eigenvalue weighted by atomic mass is 10.0. The molecule has 0 bridgehead atoms. The van der Waals surface area contributed by atoms with Crippen LogP contribution >= 0.6 is 0 Å². The van der Waals surface area contributed by atoms with E-state index in [-0.39, 0.29) is 0 Å². The van der Waals surface area contributed by atoms with E-state index in [1.807, 2.05) is 0 Å². The Balaban J connectivity index is 1.91. The van der Waals surface area contributed by atoms with Crippen LogP contribution in [0.4, 0.5) is 0 Å². The van der Waals surface area contributed by atoms with Crippen LogP contribution in [0.2, 0.25) is 0 Å². The normalized spacial score (nSPS) is 38.3. The number of likely N-dealkylation sites (N-methyl/N-ethyl adjacent to an activating group) is 1. The molecule has 0 amide bonds. The molecule has 2 rings (SSSR count). The van der Waals surface area contributed by atoms with Crippen LogP contribution in [0.3, 0.4) is 0 Å². The predicted octanol–water partition coefficient (Wildman–Crippen LogP) is 0.269. The van der Waals surface area contributed by atoms with Gasteiger partial charge in [0.05, 0.1) is 13.2 Å². The number of ether oxygens (including phenoxy) is 1. The highest BCUT2D eigenvalue weighted by molar-refractivity contribution is 4.87. The van der Waals surface area contributed by atoms with Crippen LogP contribution in [-0.4, -0.2) is 62.3 Å². The van der Waals surface area contributed by atoms with Crippen molar-refractivity contribution in [3.8, 4) is 0 Å². The molecule has 2 aliphatic rings. The van der Waals surface area contributed by atoms with E-state index in [0.717, 1.165) is 38.3 Å². The van der Waals surface area contributed by atoms with E-state index in [1.54, 1.807) is 0 Å². The van der Waals surface area contributed by atoms with Crippen LogP contribution in [0.1, 0.15) is 6.92 Å². The molecule has 2 atom stereocenters. The molecule has 0 radical (unpaired) electrons. The number of likely N-dealkylation sites (tertiary alicyclic amines) is 1. The fourth-order valence-electron chi connectivity index (χ4n) is 2.57. The maximum absolute atomic E-state index is 5.37. The minimum Gasteiger partial charge on any atom is -0.379 e. The second kappa shape index (κ2) is 3.95. The van der Waals surface area contributed by atoms with Crippen molar-refractivity contribution in [3.05, 3.63) is 0 Å². The third-order valence-electron chi connectivity index (χ3n) is 3.27. The number of hydrogen-bond acceptors (Lipinski definition) is 3. The molecule has 2 fully saturated rings. The zero-order valence-corrected chi connectivity index (χ0v) is 8.70. The monoisotopic (exact) mass is 184 g/mol. The molecule has 0 spiro atoms. The third kappa shape index (κ3) is 2.03. The first kappa shape index (κ1) is 9.44. The molecular weight excluding hydrogens is 164 g/mol. The smallest absolute Gasteiger partial charge is 0.0594 e. The number of rotatable bonds is 1. The summed E-state index contributed by atoms with van der Waals surface area (Å²) in [5.74, 6) is 0.822. The fraction of sp³-hybridized carbons (Fsp3) is 1.00. The third-order valence-corrected chi connectivity index (χ3v) is 3.27. The number of hydrogen-bond donors (Lipinski definition) is 0. The van der Waals surface area contributed by atoms with Gasteiger partial charge in [-0.15, -0.1) is 0 Å². The molecule has 2 unspecified atom stereocenters. The quantitative estimate of drug-likeness (QED) is 0.582. The van der Waals surface area contributed by atoms with Gasteiger partial charge in [-0.3, -0.25) is 4.90 Å². The highest BCUT2D eigenvalue weighted by Gasteiger charge is 2.32. The van der Waals surface area contributed by atoms with Gasteiger partial charge in [-0.25, -0.2) is 0 Å². The van der Waals surface area contributed by atoms with Gasteiger partial charge in [0.1, 0.15) is 0 Å². The number of morpholine rings is 1. The first-order chi connectivity index (χ1) is 6.27. The second-order valence-corrected chi connectivity index (χ2v) is 4.41. The van der Waals surface area contributed by atoms with Crippen molar-refractivity contribution in [2.45, 2.75) is 13.0 Å². The van der Waals surface area contributed by atoms with Crippen LogP contribution in [0.5, 0.6) is 0 Å². The van der Waals surface area contributed by atoms with E-state index < -0.39 is 0 Å². The van der Waals surface area contributed by atoms with Crippen molar-refractivity contribution in [3.63, 3.8) is 0 Å². The Morgan fingerprint density at radius 3 is 2.38 bits per heavy atom. The Kier molecular flexibility index (Phi) is 2.86. The topological polar surface area (TPSA) is 15.7 Å². The van der Waals surface area contributed by atoms with Gasteiger partial charge in [0.25, 0.3) is 0 Å². The summed E-state index contributed by atoms with van der Waals surface area (Å²) < 4.78 is 5.37. The zero-order valence-electron chi connectivity index (χ0n) is 8.70. The average Bonchev–Trinajstić information content (AvgIpc) is 2.47. The van der Waals surface area contributed by atoms with Crippen molar-refractivity contribution >= 4 is 0 Å². The second-order valence-electron chi connectivity index (χ2n) is 4.41. The molecule has 76 valence electrons. The summed E-state index contributed by atoms with van der Waals surface area (Å²) in [6.07, 6.45) is 0. The molecule has 0 aromatic carbocycles. The Bertz CT molecular complexity index is 168. The Labute approximate surface area is 80.6 Å². The molecule has 0 N–H and O–H groups in total. The van der Waals surface area contributed by atoms with E-state index in [4.69, 9.17) is 4.74 Å². The van der Waals surface area contributed by atoms with Gasteiger partial charge >= 0.3 is 0 Å². The first-order valence-corrected chi connectivity index (χ1v) is 5.27. The summed E-state index contributed by atoms with van der Waals surface area (Å²) >= 11 is 0. The highest BCUT2D eigenvalue weighted by Crippen LogP contribution is 2.20. The number of nitrogens with zero attached hydrogens (tertiary/aromatic N) is 2. The van der Waals surface area contributed by atoms with Gasteiger partial charge in [-0.05, 0) is 13.0 Å². The molecule has 2 saturated heterocycles. The fourth-order valence-corrected chi connectivity index (χ4v) is 2.57. The lowest BCUT2D eigenvalue weighted by Crippen LogP contribution is -2.46.